The lowest BCUT2D eigenvalue weighted by Gasteiger charge is -2.31. The molecule has 0 saturated carbocycles. The number of halogens is 1. The summed E-state index contributed by atoms with van der Waals surface area (Å²) in [5.41, 5.74) is -2.17. The van der Waals surface area contributed by atoms with Crippen LogP contribution in [-0.4, -0.2) is 65.2 Å². The van der Waals surface area contributed by atoms with Crippen LogP contribution in [-0.2, 0) is 14.3 Å². The maximum Gasteiger partial charge on any atom is 0.245 e. The van der Waals surface area contributed by atoms with Gasteiger partial charge in [0.15, 0.2) is 11.9 Å². The number of rotatable bonds is 7. The fraction of sp³-hybridized carbons (Fsp3) is 0.692. The summed E-state index contributed by atoms with van der Waals surface area (Å²) in [5.74, 6) is -0.465. The average molecular weight is 304 g/mol. The Morgan fingerprint density at radius 2 is 2.24 bits per heavy atom. The molecule has 1 rings (SSSR count). The first-order chi connectivity index (χ1) is 9.94. The van der Waals surface area contributed by atoms with Crippen LogP contribution in [0.15, 0.2) is 12.3 Å². The number of hydrogen-bond acceptors (Lipinski definition) is 5. The van der Waals surface area contributed by atoms with Crippen molar-refractivity contribution in [1.82, 2.24) is 10.2 Å². The van der Waals surface area contributed by atoms with E-state index >= 15 is 0 Å². The Hall–Kier alpha value is -1.51. The van der Waals surface area contributed by atoms with Crippen LogP contribution in [0, 0.1) is 0 Å². The van der Waals surface area contributed by atoms with Gasteiger partial charge < -0.3 is 20.3 Å². The highest BCUT2D eigenvalue weighted by Crippen LogP contribution is 2.39. The van der Waals surface area contributed by atoms with Crippen molar-refractivity contribution in [2.75, 3.05) is 13.7 Å². The number of alkyl halides is 1. The molecule has 0 spiro atoms. The normalized spacial score (nSPS) is 32.3. The number of amides is 2. The van der Waals surface area contributed by atoms with Crippen LogP contribution in [0.1, 0.15) is 19.8 Å². The molecule has 0 aromatic rings. The minimum atomic E-state index is -2.17. The van der Waals surface area contributed by atoms with Gasteiger partial charge in [-0.05, 0) is 12.8 Å². The number of ether oxygens (including phenoxy) is 1. The quantitative estimate of drug-likeness (QED) is 0.426. The van der Waals surface area contributed by atoms with Crippen LogP contribution in [0.25, 0.3) is 0 Å². The molecular formula is C13H21FN2O5. The summed E-state index contributed by atoms with van der Waals surface area (Å²) in [6, 6.07) is 0. The van der Waals surface area contributed by atoms with Crippen LogP contribution in [0.2, 0.25) is 0 Å². The van der Waals surface area contributed by atoms with Gasteiger partial charge in [0.1, 0.15) is 6.10 Å². The fourth-order valence-electron chi connectivity index (χ4n) is 2.27. The van der Waals surface area contributed by atoms with Gasteiger partial charge in [-0.15, -0.1) is 0 Å². The van der Waals surface area contributed by atoms with E-state index in [0.717, 1.165) is 17.2 Å². The summed E-state index contributed by atoms with van der Waals surface area (Å²) < 4.78 is 20.3. The van der Waals surface area contributed by atoms with Gasteiger partial charge in [0.05, 0.1) is 6.10 Å². The van der Waals surface area contributed by atoms with Crippen LogP contribution < -0.4 is 5.32 Å². The number of nitrogens with zero attached hydrogens (tertiary/aromatic N) is 1. The number of hydrogen-bond donors (Lipinski definition) is 3. The SMILES string of the molecule is CC[C@]1(F)C(N(C=O)/C=C\C(=O)NC)OC(CCO)[C@H]1O. The molecule has 21 heavy (non-hydrogen) atoms. The Morgan fingerprint density at radius 1 is 1.57 bits per heavy atom. The maximum atomic E-state index is 14.9. The monoisotopic (exact) mass is 304 g/mol. The molecule has 1 fully saturated rings. The van der Waals surface area contributed by atoms with E-state index in [-0.39, 0.29) is 19.4 Å². The zero-order valence-corrected chi connectivity index (χ0v) is 12.0. The second-order valence-corrected chi connectivity index (χ2v) is 4.75. The molecular weight excluding hydrogens is 283 g/mol. The number of aliphatic hydroxyl groups excluding tert-OH is 2. The van der Waals surface area contributed by atoms with E-state index in [1.54, 1.807) is 0 Å². The zero-order valence-electron chi connectivity index (χ0n) is 12.0. The van der Waals surface area contributed by atoms with Crippen LogP contribution in [0.4, 0.5) is 4.39 Å². The summed E-state index contributed by atoms with van der Waals surface area (Å²) >= 11 is 0. The van der Waals surface area contributed by atoms with Crippen molar-refractivity contribution in [3.63, 3.8) is 0 Å². The first-order valence-corrected chi connectivity index (χ1v) is 6.70. The molecule has 1 aliphatic rings. The first-order valence-electron chi connectivity index (χ1n) is 6.70. The van der Waals surface area contributed by atoms with Gasteiger partial charge in [0, 0.05) is 25.9 Å². The van der Waals surface area contributed by atoms with Gasteiger partial charge in [-0.1, -0.05) is 6.92 Å². The number of carbonyl (C=O) groups excluding carboxylic acids is 2. The van der Waals surface area contributed by atoms with Crippen LogP contribution in [0.5, 0.6) is 0 Å². The molecule has 1 aliphatic heterocycles. The van der Waals surface area contributed by atoms with Crippen molar-refractivity contribution in [1.29, 1.82) is 0 Å². The summed E-state index contributed by atoms with van der Waals surface area (Å²) in [7, 11) is 1.41. The second kappa shape index (κ2) is 7.48. The first kappa shape index (κ1) is 17.5. The molecule has 8 heteroatoms. The number of carbonyl (C=O) groups is 2. The Bertz CT molecular complexity index is 406. The van der Waals surface area contributed by atoms with Gasteiger partial charge in [0.25, 0.3) is 0 Å². The molecule has 1 saturated heterocycles. The lowest BCUT2D eigenvalue weighted by molar-refractivity contribution is -0.136. The lowest BCUT2D eigenvalue weighted by atomic mass is 9.92. The van der Waals surface area contributed by atoms with E-state index in [0.29, 0.717) is 6.41 Å². The molecule has 1 heterocycles. The van der Waals surface area contributed by atoms with E-state index in [9.17, 15) is 19.1 Å². The van der Waals surface area contributed by atoms with Gasteiger partial charge >= 0.3 is 0 Å². The van der Waals surface area contributed by atoms with Crippen LogP contribution >= 0.6 is 0 Å². The molecule has 0 radical (unpaired) electrons. The molecule has 0 bridgehead atoms. The van der Waals surface area contributed by atoms with E-state index in [4.69, 9.17) is 9.84 Å². The third-order valence-corrected chi connectivity index (χ3v) is 3.55. The highest BCUT2D eigenvalue weighted by Gasteiger charge is 2.57. The molecule has 0 aromatic carbocycles. The minimum absolute atomic E-state index is 0.0508. The van der Waals surface area contributed by atoms with Crippen molar-refractivity contribution in [3.05, 3.63) is 12.3 Å². The number of aliphatic hydroxyl groups is 2. The van der Waals surface area contributed by atoms with Gasteiger partial charge in [-0.2, -0.15) is 0 Å². The molecule has 2 unspecified atom stereocenters. The summed E-state index contributed by atoms with van der Waals surface area (Å²) in [6.07, 6.45) is -1.30. The van der Waals surface area contributed by atoms with E-state index in [2.05, 4.69) is 5.32 Å². The minimum Gasteiger partial charge on any atom is -0.396 e. The molecule has 0 aromatic heterocycles. The van der Waals surface area contributed by atoms with Gasteiger partial charge in [0.2, 0.25) is 12.3 Å². The molecule has 2 amide bonds. The van der Waals surface area contributed by atoms with Gasteiger partial charge in [-0.3, -0.25) is 14.5 Å². The van der Waals surface area contributed by atoms with Crippen molar-refractivity contribution >= 4 is 12.3 Å². The van der Waals surface area contributed by atoms with E-state index in [1.807, 2.05) is 0 Å². The van der Waals surface area contributed by atoms with Gasteiger partial charge in [-0.25, -0.2) is 4.39 Å². The highest BCUT2D eigenvalue weighted by atomic mass is 19.1. The van der Waals surface area contributed by atoms with Crippen molar-refractivity contribution in [3.8, 4) is 0 Å². The Labute approximate surface area is 122 Å². The third-order valence-electron chi connectivity index (χ3n) is 3.55. The van der Waals surface area contributed by atoms with Crippen molar-refractivity contribution in [2.24, 2.45) is 0 Å². The fourth-order valence-corrected chi connectivity index (χ4v) is 2.27. The third kappa shape index (κ3) is 3.58. The van der Waals surface area contributed by atoms with E-state index in [1.165, 1.54) is 14.0 Å². The lowest BCUT2D eigenvalue weighted by Crippen LogP contribution is -2.49. The van der Waals surface area contributed by atoms with Crippen molar-refractivity contribution in [2.45, 2.75) is 43.9 Å². The maximum absolute atomic E-state index is 14.9. The standard InChI is InChI=1S/C13H21FN2O5/c1-3-13(14)11(20)9(5-7-17)21-12(13)16(8-18)6-4-10(19)15-2/h4,6,8-9,11-12,17,20H,3,5,7H2,1-2H3,(H,15,19)/b6-4-/t9?,11-,12?,13-/m1/s1. The number of nitrogens with one attached hydrogen (secondary N) is 1. The summed E-state index contributed by atoms with van der Waals surface area (Å²) in [5, 5.41) is 21.3. The molecule has 4 atom stereocenters. The zero-order chi connectivity index (χ0) is 16.0. The van der Waals surface area contributed by atoms with Crippen molar-refractivity contribution < 1.29 is 28.9 Å². The topological polar surface area (TPSA) is 99.1 Å². The molecule has 3 N–H and O–H groups in total. The molecule has 7 nitrogen and oxygen atoms in total. The Balaban J connectivity index is 2.98. The summed E-state index contributed by atoms with van der Waals surface area (Å²) in [6.45, 7) is 1.25. The van der Waals surface area contributed by atoms with E-state index < -0.39 is 30.0 Å². The smallest absolute Gasteiger partial charge is 0.245 e. The molecule has 0 aliphatic carbocycles. The predicted octanol–water partition coefficient (Wildman–Crippen LogP) is -0.709. The largest absolute Gasteiger partial charge is 0.396 e. The predicted molar refractivity (Wildman–Crippen MR) is 71.6 cm³/mol. The summed E-state index contributed by atoms with van der Waals surface area (Å²) in [4.78, 5) is 23.1. The second-order valence-electron chi connectivity index (χ2n) is 4.75. The highest BCUT2D eigenvalue weighted by molar-refractivity contribution is 5.87. The Morgan fingerprint density at radius 3 is 2.71 bits per heavy atom. The Kier molecular flexibility index (Phi) is 6.25. The average Bonchev–Trinajstić information content (AvgIpc) is 2.74. The molecule has 120 valence electrons. The number of likely N-dealkylation sites (N-methyl/N-ethyl adjacent to an activating group) is 1. The van der Waals surface area contributed by atoms with Crippen LogP contribution in [0.3, 0.4) is 0 Å².